The minimum atomic E-state index is 0.667. The van der Waals surface area contributed by atoms with E-state index in [4.69, 9.17) is 10.5 Å². The molecule has 0 radical (unpaired) electrons. The van der Waals surface area contributed by atoms with E-state index in [-0.39, 0.29) is 0 Å². The van der Waals surface area contributed by atoms with Crippen LogP contribution < -0.4 is 10.5 Å². The first-order valence-electron chi connectivity index (χ1n) is 4.31. The summed E-state index contributed by atoms with van der Waals surface area (Å²) in [5.41, 5.74) is 6.61. The Bertz CT molecular complexity index is 443. The lowest BCUT2D eigenvalue weighted by Gasteiger charge is -2.07. The van der Waals surface area contributed by atoms with Crippen molar-refractivity contribution in [3.8, 4) is 5.75 Å². The van der Waals surface area contributed by atoms with Crippen LogP contribution in [0, 0.1) is 0 Å². The fraction of sp³-hybridized carbons (Fsp3) is 0.100. The highest BCUT2D eigenvalue weighted by molar-refractivity contribution is 8.01. The van der Waals surface area contributed by atoms with Crippen molar-refractivity contribution in [2.75, 3.05) is 12.8 Å². The Morgan fingerprint density at radius 1 is 1.47 bits per heavy atom. The van der Waals surface area contributed by atoms with E-state index in [0.29, 0.717) is 11.4 Å². The molecule has 3 nitrogen and oxygen atoms in total. The summed E-state index contributed by atoms with van der Waals surface area (Å²) in [6.07, 6.45) is 1.78. The number of anilines is 1. The zero-order valence-corrected chi connectivity index (χ0v) is 9.77. The lowest BCUT2D eigenvalue weighted by molar-refractivity contribution is 0.416. The number of nitrogens with two attached hydrogens (primary N) is 1. The van der Waals surface area contributed by atoms with Gasteiger partial charge in [0, 0.05) is 16.5 Å². The SMILES string of the molecule is COc1cccc(Sc2nccs2)c1N. The maximum Gasteiger partial charge on any atom is 0.154 e. The molecule has 78 valence electrons. The molecule has 0 fully saturated rings. The molecule has 0 spiro atoms. The number of benzene rings is 1. The van der Waals surface area contributed by atoms with Crippen LogP contribution in [-0.2, 0) is 0 Å². The van der Waals surface area contributed by atoms with Crippen LogP contribution in [0.15, 0.2) is 39.0 Å². The molecule has 0 amide bonds. The van der Waals surface area contributed by atoms with Gasteiger partial charge in [-0.05, 0) is 12.1 Å². The Morgan fingerprint density at radius 2 is 2.33 bits per heavy atom. The number of nitrogens with zero attached hydrogens (tertiary/aromatic N) is 1. The van der Waals surface area contributed by atoms with E-state index in [9.17, 15) is 0 Å². The molecule has 2 aromatic rings. The van der Waals surface area contributed by atoms with Crippen LogP contribution in [-0.4, -0.2) is 12.1 Å². The summed E-state index contributed by atoms with van der Waals surface area (Å²) in [6.45, 7) is 0. The topological polar surface area (TPSA) is 48.1 Å². The number of thiazole rings is 1. The standard InChI is InChI=1S/C10H10N2OS2/c1-13-7-3-2-4-8(9(7)11)15-10-12-5-6-14-10/h2-6H,11H2,1H3. The van der Waals surface area contributed by atoms with E-state index in [2.05, 4.69) is 4.98 Å². The zero-order chi connectivity index (χ0) is 10.7. The van der Waals surface area contributed by atoms with Gasteiger partial charge in [0.1, 0.15) is 5.75 Å². The van der Waals surface area contributed by atoms with Gasteiger partial charge in [-0.3, -0.25) is 0 Å². The monoisotopic (exact) mass is 238 g/mol. The number of nitrogen functional groups attached to an aromatic ring is 1. The Labute approximate surface area is 96.3 Å². The molecule has 0 atom stereocenters. The van der Waals surface area contributed by atoms with Crippen molar-refractivity contribution in [3.63, 3.8) is 0 Å². The Balaban J connectivity index is 2.29. The van der Waals surface area contributed by atoms with E-state index in [1.807, 2.05) is 23.6 Å². The second-order valence-corrected chi connectivity index (χ2v) is 4.96. The van der Waals surface area contributed by atoms with Crippen molar-refractivity contribution in [2.24, 2.45) is 0 Å². The van der Waals surface area contributed by atoms with E-state index in [1.54, 1.807) is 36.4 Å². The minimum absolute atomic E-state index is 0.667. The summed E-state index contributed by atoms with van der Waals surface area (Å²) < 4.78 is 6.13. The lowest BCUT2D eigenvalue weighted by atomic mass is 10.3. The third-order valence-corrected chi connectivity index (χ3v) is 3.81. The van der Waals surface area contributed by atoms with Gasteiger partial charge in [0.15, 0.2) is 4.34 Å². The van der Waals surface area contributed by atoms with Gasteiger partial charge in [0.2, 0.25) is 0 Å². The van der Waals surface area contributed by atoms with Crippen molar-refractivity contribution in [1.82, 2.24) is 4.98 Å². The average Bonchev–Trinajstić information content (AvgIpc) is 2.74. The van der Waals surface area contributed by atoms with Gasteiger partial charge in [0.05, 0.1) is 12.8 Å². The Morgan fingerprint density at radius 3 is 3.00 bits per heavy atom. The van der Waals surface area contributed by atoms with Crippen LogP contribution in [0.25, 0.3) is 0 Å². The van der Waals surface area contributed by atoms with E-state index in [0.717, 1.165) is 9.24 Å². The van der Waals surface area contributed by atoms with Crippen LogP contribution in [0.3, 0.4) is 0 Å². The highest BCUT2D eigenvalue weighted by Gasteiger charge is 2.07. The van der Waals surface area contributed by atoms with Gasteiger partial charge in [0.25, 0.3) is 0 Å². The molecule has 1 heterocycles. The summed E-state index contributed by atoms with van der Waals surface area (Å²) in [5, 5.41) is 1.94. The van der Waals surface area contributed by atoms with Gasteiger partial charge in [-0.1, -0.05) is 17.8 Å². The van der Waals surface area contributed by atoms with Crippen molar-refractivity contribution >= 4 is 28.8 Å². The molecule has 2 rings (SSSR count). The van der Waals surface area contributed by atoms with E-state index < -0.39 is 0 Å². The average molecular weight is 238 g/mol. The van der Waals surface area contributed by atoms with Crippen LogP contribution in [0.2, 0.25) is 0 Å². The predicted octanol–water partition coefficient (Wildman–Crippen LogP) is 2.89. The largest absolute Gasteiger partial charge is 0.495 e. The molecule has 1 aromatic heterocycles. The van der Waals surface area contributed by atoms with Crippen molar-refractivity contribution in [1.29, 1.82) is 0 Å². The summed E-state index contributed by atoms with van der Waals surface area (Å²) in [6, 6.07) is 5.73. The first-order chi connectivity index (χ1) is 7.31. The normalized spacial score (nSPS) is 10.2. The smallest absolute Gasteiger partial charge is 0.154 e. The molecule has 0 saturated carbocycles. The molecule has 0 aliphatic heterocycles. The van der Waals surface area contributed by atoms with Crippen molar-refractivity contribution < 1.29 is 4.74 Å². The van der Waals surface area contributed by atoms with Gasteiger partial charge in [-0.2, -0.15) is 0 Å². The summed E-state index contributed by atoms with van der Waals surface area (Å²) in [5.74, 6) is 0.705. The quantitative estimate of drug-likeness (QED) is 0.835. The molecule has 0 unspecified atom stereocenters. The summed E-state index contributed by atoms with van der Waals surface area (Å²) >= 11 is 3.15. The molecule has 0 aliphatic rings. The van der Waals surface area contributed by atoms with Gasteiger partial charge >= 0.3 is 0 Å². The zero-order valence-electron chi connectivity index (χ0n) is 8.14. The molecular formula is C10H10N2OS2. The molecule has 5 heteroatoms. The highest BCUT2D eigenvalue weighted by atomic mass is 32.2. The number of hydrogen-bond acceptors (Lipinski definition) is 5. The predicted molar refractivity (Wildman–Crippen MR) is 63.6 cm³/mol. The lowest BCUT2D eigenvalue weighted by Crippen LogP contribution is -1.93. The Hall–Kier alpha value is -1.20. The molecule has 0 bridgehead atoms. The molecular weight excluding hydrogens is 228 g/mol. The number of methoxy groups -OCH3 is 1. The first-order valence-corrected chi connectivity index (χ1v) is 6.00. The van der Waals surface area contributed by atoms with Crippen LogP contribution in [0.4, 0.5) is 5.69 Å². The molecule has 0 aliphatic carbocycles. The third kappa shape index (κ3) is 2.24. The second kappa shape index (κ2) is 4.55. The highest BCUT2D eigenvalue weighted by Crippen LogP contribution is 2.37. The number of ether oxygens (including phenoxy) is 1. The number of rotatable bonds is 3. The first kappa shape index (κ1) is 10.3. The fourth-order valence-corrected chi connectivity index (χ4v) is 2.79. The Kier molecular flexibility index (Phi) is 3.13. The minimum Gasteiger partial charge on any atom is -0.495 e. The van der Waals surface area contributed by atoms with Crippen molar-refractivity contribution in [2.45, 2.75) is 9.24 Å². The van der Waals surface area contributed by atoms with E-state index in [1.165, 1.54) is 0 Å². The number of hydrogen-bond donors (Lipinski definition) is 1. The fourth-order valence-electron chi connectivity index (χ4n) is 1.15. The number of para-hydroxylation sites is 1. The van der Waals surface area contributed by atoms with Gasteiger partial charge in [-0.25, -0.2) is 4.98 Å². The summed E-state index contributed by atoms with van der Waals surface area (Å²) in [4.78, 5) is 5.17. The summed E-state index contributed by atoms with van der Waals surface area (Å²) in [7, 11) is 1.61. The second-order valence-electron chi connectivity index (χ2n) is 2.77. The van der Waals surface area contributed by atoms with E-state index >= 15 is 0 Å². The maximum atomic E-state index is 5.94. The molecule has 2 N–H and O–H groups in total. The van der Waals surface area contributed by atoms with Crippen LogP contribution in [0.1, 0.15) is 0 Å². The van der Waals surface area contributed by atoms with Gasteiger partial charge in [-0.15, -0.1) is 11.3 Å². The molecule has 1 aromatic carbocycles. The van der Waals surface area contributed by atoms with Crippen LogP contribution >= 0.6 is 23.1 Å². The molecule has 0 saturated heterocycles. The van der Waals surface area contributed by atoms with Crippen LogP contribution in [0.5, 0.6) is 5.75 Å². The van der Waals surface area contributed by atoms with Gasteiger partial charge < -0.3 is 10.5 Å². The maximum absolute atomic E-state index is 5.94. The number of aromatic nitrogens is 1. The third-order valence-electron chi connectivity index (χ3n) is 1.85. The molecule has 15 heavy (non-hydrogen) atoms. The van der Waals surface area contributed by atoms with Crippen molar-refractivity contribution in [3.05, 3.63) is 29.8 Å².